The third-order valence-corrected chi connectivity index (χ3v) is 6.71. The van der Waals surface area contributed by atoms with Crippen molar-refractivity contribution in [3.8, 4) is 11.8 Å². The van der Waals surface area contributed by atoms with E-state index in [1.165, 1.54) is 4.31 Å². The highest BCUT2D eigenvalue weighted by molar-refractivity contribution is 7.89. The molecule has 2 rings (SSSR count). The zero-order valence-electron chi connectivity index (χ0n) is 18.2. The summed E-state index contributed by atoms with van der Waals surface area (Å²) in [5, 5.41) is 0. The molecule has 0 radical (unpaired) electrons. The van der Waals surface area contributed by atoms with Gasteiger partial charge in [-0.3, -0.25) is 0 Å². The van der Waals surface area contributed by atoms with Crippen LogP contribution in [-0.2, 0) is 14.8 Å². The predicted octanol–water partition coefficient (Wildman–Crippen LogP) is 4.45. The van der Waals surface area contributed by atoms with Gasteiger partial charge < -0.3 is 4.74 Å². The van der Waals surface area contributed by atoms with Gasteiger partial charge in [0.25, 0.3) is 0 Å². The highest BCUT2D eigenvalue weighted by Crippen LogP contribution is 2.24. The Labute approximate surface area is 185 Å². The molecule has 0 aromatic heterocycles. The van der Waals surface area contributed by atoms with Gasteiger partial charge in [-0.15, -0.1) is 6.58 Å². The first-order valence-electron chi connectivity index (χ1n) is 10.1. The summed E-state index contributed by atoms with van der Waals surface area (Å²) in [5.41, 5.74) is 1.43. The van der Waals surface area contributed by atoms with E-state index in [0.717, 1.165) is 5.56 Å². The van der Waals surface area contributed by atoms with Crippen LogP contribution in [0.25, 0.3) is 0 Å². The molecule has 0 aliphatic heterocycles. The Morgan fingerprint density at radius 2 is 1.74 bits per heavy atom. The van der Waals surface area contributed by atoms with Crippen LogP contribution in [0.15, 0.2) is 72.1 Å². The standard InChI is InChI=1S/C25H29NO4S/c1-5-11-24(20(2)3)26(31(28,29)23-16-14-21(4)15-17-23)18-9-10-19-30-25(27)22-12-7-6-8-13-22/h5-8,12-17,20,24H,1,11,18-19H2,2-4H3. The van der Waals surface area contributed by atoms with Gasteiger partial charge in [0.1, 0.15) is 0 Å². The molecule has 0 saturated carbocycles. The van der Waals surface area contributed by atoms with E-state index in [-0.39, 0.29) is 30.0 Å². The number of hydrogen-bond donors (Lipinski definition) is 0. The molecule has 0 heterocycles. The van der Waals surface area contributed by atoms with Crippen LogP contribution in [0.3, 0.4) is 0 Å². The zero-order chi connectivity index (χ0) is 22.9. The number of carbonyl (C=O) groups is 1. The van der Waals surface area contributed by atoms with Crippen molar-refractivity contribution in [2.75, 3.05) is 13.2 Å². The minimum absolute atomic E-state index is 0.00418. The van der Waals surface area contributed by atoms with Gasteiger partial charge in [-0.2, -0.15) is 4.31 Å². The molecule has 0 spiro atoms. The summed E-state index contributed by atoms with van der Waals surface area (Å²) in [4.78, 5) is 12.2. The van der Waals surface area contributed by atoms with Gasteiger partial charge in [0, 0.05) is 6.04 Å². The first-order chi connectivity index (χ1) is 14.8. The van der Waals surface area contributed by atoms with Crippen LogP contribution in [0.4, 0.5) is 0 Å². The van der Waals surface area contributed by atoms with E-state index < -0.39 is 16.0 Å². The van der Waals surface area contributed by atoms with Gasteiger partial charge in [-0.05, 0) is 43.5 Å². The van der Waals surface area contributed by atoms with Crippen molar-refractivity contribution >= 4 is 16.0 Å². The number of carbonyl (C=O) groups excluding carboxylic acids is 1. The summed E-state index contributed by atoms with van der Waals surface area (Å²) >= 11 is 0. The summed E-state index contributed by atoms with van der Waals surface area (Å²) in [5.74, 6) is 5.22. The highest BCUT2D eigenvalue weighted by Gasteiger charge is 2.32. The van der Waals surface area contributed by atoms with Gasteiger partial charge in [-0.25, -0.2) is 13.2 Å². The minimum atomic E-state index is -3.76. The summed E-state index contributed by atoms with van der Waals surface area (Å²) < 4.78 is 33.3. The first kappa shape index (κ1) is 24.4. The lowest BCUT2D eigenvalue weighted by molar-refractivity contribution is 0.0556. The molecule has 0 aliphatic carbocycles. The van der Waals surface area contributed by atoms with Crippen LogP contribution >= 0.6 is 0 Å². The molecule has 0 bridgehead atoms. The second kappa shape index (κ2) is 11.5. The van der Waals surface area contributed by atoms with E-state index in [4.69, 9.17) is 4.74 Å². The number of rotatable bonds is 9. The second-order valence-corrected chi connectivity index (χ2v) is 9.39. The van der Waals surface area contributed by atoms with E-state index in [2.05, 4.69) is 18.4 Å². The topological polar surface area (TPSA) is 63.7 Å². The smallest absolute Gasteiger partial charge is 0.339 e. The largest absolute Gasteiger partial charge is 0.449 e. The molecule has 0 aliphatic rings. The molecule has 2 aromatic carbocycles. The van der Waals surface area contributed by atoms with Crippen molar-refractivity contribution in [1.82, 2.24) is 4.31 Å². The lowest BCUT2D eigenvalue weighted by Gasteiger charge is -2.31. The Balaban J connectivity index is 2.18. The molecule has 1 unspecified atom stereocenters. The highest BCUT2D eigenvalue weighted by atomic mass is 32.2. The summed E-state index contributed by atoms with van der Waals surface area (Å²) in [6.07, 6.45) is 2.23. The van der Waals surface area contributed by atoms with Gasteiger partial charge in [0.2, 0.25) is 10.0 Å². The Morgan fingerprint density at radius 1 is 1.10 bits per heavy atom. The van der Waals surface area contributed by atoms with Crippen molar-refractivity contribution in [2.24, 2.45) is 5.92 Å². The SMILES string of the molecule is C=CCC(C(C)C)N(CC#CCOC(=O)c1ccccc1)S(=O)(=O)c1ccc(C)cc1. The first-order valence-corrected chi connectivity index (χ1v) is 11.6. The Hall–Kier alpha value is -2.88. The van der Waals surface area contributed by atoms with Gasteiger partial charge in [0.05, 0.1) is 17.0 Å². The average Bonchev–Trinajstić information content (AvgIpc) is 2.75. The van der Waals surface area contributed by atoms with Crippen LogP contribution in [-0.4, -0.2) is 37.9 Å². The lowest BCUT2D eigenvalue weighted by Crippen LogP contribution is -2.43. The molecule has 5 nitrogen and oxygen atoms in total. The van der Waals surface area contributed by atoms with Crippen molar-refractivity contribution in [1.29, 1.82) is 0 Å². The molecular formula is C25H29NO4S. The van der Waals surface area contributed by atoms with E-state index in [1.807, 2.05) is 26.8 Å². The quantitative estimate of drug-likeness (QED) is 0.329. The molecule has 31 heavy (non-hydrogen) atoms. The number of hydrogen-bond acceptors (Lipinski definition) is 4. The normalized spacial score (nSPS) is 12.2. The Kier molecular flexibility index (Phi) is 9.04. The molecule has 0 saturated heterocycles. The van der Waals surface area contributed by atoms with Crippen molar-refractivity contribution < 1.29 is 17.9 Å². The average molecular weight is 440 g/mol. The lowest BCUT2D eigenvalue weighted by atomic mass is 10.0. The minimum Gasteiger partial charge on any atom is -0.449 e. The van der Waals surface area contributed by atoms with E-state index in [1.54, 1.807) is 54.6 Å². The fourth-order valence-electron chi connectivity index (χ4n) is 3.06. The van der Waals surface area contributed by atoms with E-state index >= 15 is 0 Å². The number of sulfonamides is 1. The van der Waals surface area contributed by atoms with Crippen LogP contribution in [0.2, 0.25) is 0 Å². The molecular weight excluding hydrogens is 410 g/mol. The van der Waals surface area contributed by atoms with Crippen LogP contribution in [0.1, 0.15) is 36.2 Å². The van der Waals surface area contributed by atoms with Crippen LogP contribution in [0, 0.1) is 24.7 Å². The number of aryl methyl sites for hydroxylation is 1. The maximum absolute atomic E-state index is 13.4. The third-order valence-electron chi connectivity index (χ3n) is 4.82. The predicted molar refractivity (Wildman–Crippen MR) is 123 cm³/mol. The van der Waals surface area contributed by atoms with Gasteiger partial charge in [0.15, 0.2) is 6.61 Å². The van der Waals surface area contributed by atoms with Crippen molar-refractivity contribution in [3.05, 3.63) is 78.4 Å². The molecule has 6 heteroatoms. The summed E-state index contributed by atoms with van der Waals surface area (Å²) in [6.45, 7) is 9.51. The van der Waals surface area contributed by atoms with E-state index in [0.29, 0.717) is 12.0 Å². The fraction of sp³-hybridized carbons (Fsp3) is 0.320. The molecule has 0 amide bonds. The number of esters is 1. The van der Waals surface area contributed by atoms with Gasteiger partial charge >= 0.3 is 5.97 Å². The Morgan fingerprint density at radius 3 is 2.32 bits per heavy atom. The molecule has 0 N–H and O–H groups in total. The van der Waals surface area contributed by atoms with Crippen LogP contribution < -0.4 is 0 Å². The second-order valence-electron chi connectivity index (χ2n) is 7.49. The maximum atomic E-state index is 13.4. The molecule has 0 fully saturated rings. The molecule has 2 aromatic rings. The van der Waals surface area contributed by atoms with Crippen LogP contribution in [0.5, 0.6) is 0 Å². The number of benzene rings is 2. The third kappa shape index (κ3) is 6.81. The molecule has 1 atom stereocenters. The Bertz CT molecular complexity index is 1030. The zero-order valence-corrected chi connectivity index (χ0v) is 19.1. The summed E-state index contributed by atoms with van der Waals surface area (Å²) in [7, 11) is -3.76. The monoisotopic (exact) mass is 439 g/mol. The van der Waals surface area contributed by atoms with Crippen molar-refractivity contribution in [3.63, 3.8) is 0 Å². The number of ether oxygens (including phenoxy) is 1. The van der Waals surface area contributed by atoms with Gasteiger partial charge in [-0.1, -0.05) is 67.7 Å². The number of nitrogens with zero attached hydrogens (tertiary/aromatic N) is 1. The van der Waals surface area contributed by atoms with Crippen molar-refractivity contribution in [2.45, 2.75) is 38.1 Å². The summed E-state index contributed by atoms with van der Waals surface area (Å²) in [6, 6.07) is 15.1. The van der Waals surface area contributed by atoms with E-state index in [9.17, 15) is 13.2 Å². The maximum Gasteiger partial charge on any atom is 0.339 e. The molecule has 164 valence electrons. The fourth-order valence-corrected chi connectivity index (χ4v) is 4.73.